The molecule has 1 heterocycles. The van der Waals surface area contributed by atoms with Gasteiger partial charge in [0.25, 0.3) is 0 Å². The molecule has 7 nitrogen and oxygen atoms in total. The zero-order valence-corrected chi connectivity index (χ0v) is 19.9. The van der Waals surface area contributed by atoms with Gasteiger partial charge in [-0.15, -0.1) is 0 Å². The van der Waals surface area contributed by atoms with Gasteiger partial charge in [0.1, 0.15) is 11.5 Å². The Bertz CT molecular complexity index is 1260. The van der Waals surface area contributed by atoms with Gasteiger partial charge in [-0.3, -0.25) is 5.01 Å². The summed E-state index contributed by atoms with van der Waals surface area (Å²) >= 11 is 3.47. The van der Waals surface area contributed by atoms with Gasteiger partial charge in [-0.1, -0.05) is 28.1 Å². The summed E-state index contributed by atoms with van der Waals surface area (Å²) in [6.07, 6.45) is 0.640. The van der Waals surface area contributed by atoms with Crippen molar-refractivity contribution in [3.63, 3.8) is 0 Å². The number of nitrogens with zero attached hydrogens (tertiary/aromatic N) is 2. The van der Waals surface area contributed by atoms with Crippen LogP contribution >= 0.6 is 15.9 Å². The smallest absolute Gasteiger partial charge is 0.238 e. The molecule has 0 radical (unpaired) electrons. The number of ether oxygens (including phenoxy) is 2. The molecule has 1 aliphatic heterocycles. The normalized spacial score (nSPS) is 16.1. The predicted octanol–water partition coefficient (Wildman–Crippen LogP) is 4.47. The summed E-state index contributed by atoms with van der Waals surface area (Å²) in [5, 5.41) is 12.0. The maximum absolute atomic E-state index is 11.7. The molecule has 2 N–H and O–H groups in total. The SMILES string of the molecule is COc1ccc(C2CC(c3ccc(Br)cc3)=NN2c2ccc(S(N)(=O)=O)cc2)c(OC)c1. The van der Waals surface area contributed by atoms with Gasteiger partial charge in [0.2, 0.25) is 10.0 Å². The third kappa shape index (κ3) is 4.50. The van der Waals surface area contributed by atoms with Gasteiger partial charge in [0, 0.05) is 22.5 Å². The van der Waals surface area contributed by atoms with E-state index in [2.05, 4.69) is 15.9 Å². The van der Waals surface area contributed by atoms with Crippen LogP contribution in [0.4, 0.5) is 5.69 Å². The fourth-order valence-corrected chi connectivity index (χ4v) is 4.47. The quantitative estimate of drug-likeness (QED) is 0.522. The maximum Gasteiger partial charge on any atom is 0.238 e. The molecule has 0 fully saturated rings. The first-order valence-corrected chi connectivity index (χ1v) is 12.1. The molecule has 1 unspecified atom stereocenters. The molecule has 0 saturated carbocycles. The molecule has 4 rings (SSSR count). The summed E-state index contributed by atoms with van der Waals surface area (Å²) in [7, 11) is -0.548. The Kier molecular flexibility index (Phi) is 6.23. The maximum atomic E-state index is 11.7. The second kappa shape index (κ2) is 8.93. The molecule has 0 aromatic heterocycles. The van der Waals surface area contributed by atoms with E-state index in [9.17, 15) is 8.42 Å². The molecule has 0 saturated heterocycles. The lowest BCUT2D eigenvalue weighted by molar-refractivity contribution is 0.388. The number of anilines is 1. The van der Waals surface area contributed by atoms with E-state index < -0.39 is 10.0 Å². The van der Waals surface area contributed by atoms with Crippen LogP contribution < -0.4 is 19.6 Å². The number of rotatable bonds is 6. The summed E-state index contributed by atoms with van der Waals surface area (Å²) in [6.45, 7) is 0. The Labute approximate surface area is 195 Å². The summed E-state index contributed by atoms with van der Waals surface area (Å²) < 4.78 is 35.3. The highest BCUT2D eigenvalue weighted by atomic mass is 79.9. The number of hydrogen-bond acceptors (Lipinski definition) is 6. The summed E-state index contributed by atoms with van der Waals surface area (Å²) in [4.78, 5) is 0.0520. The number of primary sulfonamides is 1. The van der Waals surface area contributed by atoms with Gasteiger partial charge in [-0.2, -0.15) is 5.10 Å². The van der Waals surface area contributed by atoms with Crippen molar-refractivity contribution in [3.05, 3.63) is 82.3 Å². The van der Waals surface area contributed by atoms with Crippen LogP contribution in [0.2, 0.25) is 0 Å². The van der Waals surface area contributed by atoms with Gasteiger partial charge in [-0.05, 0) is 54.1 Å². The second-order valence-corrected chi connectivity index (χ2v) is 9.74. The average Bonchev–Trinajstić information content (AvgIpc) is 3.23. The van der Waals surface area contributed by atoms with Crippen molar-refractivity contribution in [2.75, 3.05) is 19.2 Å². The zero-order valence-electron chi connectivity index (χ0n) is 17.5. The Morgan fingerprint density at radius 2 is 1.69 bits per heavy atom. The standard InChI is InChI=1S/C23H22BrN3O4S/c1-30-18-9-12-20(23(13-18)31-2)22-14-21(15-3-5-16(24)6-4-15)26-27(22)17-7-10-19(11-8-17)32(25,28)29/h3-13,22H,14H2,1-2H3,(H2,25,28,29). The van der Waals surface area contributed by atoms with E-state index in [4.69, 9.17) is 19.7 Å². The van der Waals surface area contributed by atoms with E-state index in [-0.39, 0.29) is 10.9 Å². The van der Waals surface area contributed by atoms with E-state index in [1.165, 1.54) is 12.1 Å². The summed E-state index contributed by atoms with van der Waals surface area (Å²) in [5.41, 5.74) is 3.61. The number of halogens is 1. The highest BCUT2D eigenvalue weighted by Gasteiger charge is 2.32. The number of hydrogen-bond donors (Lipinski definition) is 1. The number of benzene rings is 3. The molecular weight excluding hydrogens is 494 g/mol. The van der Waals surface area contributed by atoms with E-state index >= 15 is 0 Å². The molecule has 166 valence electrons. The second-order valence-electron chi connectivity index (χ2n) is 7.26. The van der Waals surface area contributed by atoms with Crippen LogP contribution in [0.1, 0.15) is 23.6 Å². The zero-order chi connectivity index (χ0) is 22.9. The van der Waals surface area contributed by atoms with Crippen LogP contribution in [-0.2, 0) is 10.0 Å². The lowest BCUT2D eigenvalue weighted by Gasteiger charge is -2.25. The third-order valence-corrected chi connectivity index (χ3v) is 6.78. The van der Waals surface area contributed by atoms with Gasteiger partial charge >= 0.3 is 0 Å². The molecule has 0 aliphatic carbocycles. The molecule has 0 spiro atoms. The van der Waals surface area contributed by atoms with Gasteiger partial charge in [0.15, 0.2) is 0 Å². The van der Waals surface area contributed by atoms with E-state index in [0.29, 0.717) is 17.9 Å². The lowest BCUT2D eigenvalue weighted by Crippen LogP contribution is -2.19. The summed E-state index contributed by atoms with van der Waals surface area (Å²) in [5.74, 6) is 1.38. The van der Waals surface area contributed by atoms with Crippen molar-refractivity contribution in [2.45, 2.75) is 17.4 Å². The Hall–Kier alpha value is -2.88. The largest absolute Gasteiger partial charge is 0.497 e. The first kappa shape index (κ1) is 22.3. The van der Waals surface area contributed by atoms with Gasteiger partial charge in [0.05, 0.1) is 36.6 Å². The molecule has 1 aliphatic rings. The predicted molar refractivity (Wildman–Crippen MR) is 128 cm³/mol. The van der Waals surface area contributed by atoms with E-state index in [1.807, 2.05) is 47.5 Å². The molecule has 0 amide bonds. The highest BCUT2D eigenvalue weighted by Crippen LogP contribution is 2.41. The Morgan fingerprint density at radius 3 is 2.28 bits per heavy atom. The average molecular weight is 516 g/mol. The van der Waals surface area contributed by atoms with E-state index in [1.54, 1.807) is 26.4 Å². The molecule has 1 atom stereocenters. The van der Waals surface area contributed by atoms with Gasteiger partial charge in [-0.25, -0.2) is 13.6 Å². The van der Waals surface area contributed by atoms with Crippen LogP contribution in [0, 0.1) is 0 Å². The molecular formula is C23H22BrN3O4S. The number of nitrogens with two attached hydrogens (primary N) is 1. The minimum absolute atomic E-state index is 0.0520. The lowest BCUT2D eigenvalue weighted by atomic mass is 9.97. The minimum atomic E-state index is -3.78. The topological polar surface area (TPSA) is 94.2 Å². The Morgan fingerprint density at radius 1 is 1.00 bits per heavy atom. The van der Waals surface area contributed by atoms with Crippen molar-refractivity contribution in [3.8, 4) is 11.5 Å². The van der Waals surface area contributed by atoms with Crippen LogP contribution in [-0.4, -0.2) is 28.3 Å². The Balaban J connectivity index is 1.79. The van der Waals surface area contributed by atoms with Crippen molar-refractivity contribution in [1.29, 1.82) is 0 Å². The monoisotopic (exact) mass is 515 g/mol. The third-order valence-electron chi connectivity index (χ3n) is 5.32. The molecule has 9 heteroatoms. The highest BCUT2D eigenvalue weighted by molar-refractivity contribution is 9.10. The fourth-order valence-electron chi connectivity index (χ4n) is 3.69. The van der Waals surface area contributed by atoms with Crippen LogP contribution in [0.15, 0.2) is 81.2 Å². The van der Waals surface area contributed by atoms with Crippen molar-refractivity contribution in [1.82, 2.24) is 0 Å². The minimum Gasteiger partial charge on any atom is -0.497 e. The first-order chi connectivity index (χ1) is 15.3. The first-order valence-electron chi connectivity index (χ1n) is 9.77. The molecule has 32 heavy (non-hydrogen) atoms. The molecule has 3 aromatic rings. The number of hydrazone groups is 1. The van der Waals surface area contributed by atoms with E-state index in [0.717, 1.165) is 27.0 Å². The van der Waals surface area contributed by atoms with Crippen LogP contribution in [0.5, 0.6) is 11.5 Å². The molecule has 3 aromatic carbocycles. The van der Waals surface area contributed by atoms with Gasteiger partial charge < -0.3 is 9.47 Å². The summed E-state index contributed by atoms with van der Waals surface area (Å²) in [6, 6.07) is 19.9. The fraction of sp³-hybridized carbons (Fsp3) is 0.174. The van der Waals surface area contributed by atoms with Crippen LogP contribution in [0.3, 0.4) is 0 Å². The van der Waals surface area contributed by atoms with Crippen molar-refractivity contribution >= 4 is 37.4 Å². The van der Waals surface area contributed by atoms with Crippen LogP contribution in [0.25, 0.3) is 0 Å². The molecule has 0 bridgehead atoms. The van der Waals surface area contributed by atoms with Crippen molar-refractivity contribution < 1.29 is 17.9 Å². The number of sulfonamides is 1. The van der Waals surface area contributed by atoms with Crippen molar-refractivity contribution in [2.24, 2.45) is 10.2 Å². The number of methoxy groups -OCH3 is 2.